The van der Waals surface area contributed by atoms with Crippen LogP contribution in [0.2, 0.25) is 0 Å². The standard InChI is InChI=1S/C20H17FN6O2S/c1-14-3-5-17(21)7-19(14)30(28,29)26(2)25-11-18-10-24-20-6-4-15(12-27(18)20)16-8-22-13-23-9-16/h3-13H,1-2H3/b25-11+. The number of rotatable bonds is 5. The van der Waals surface area contributed by atoms with E-state index in [1.165, 1.54) is 31.7 Å². The quantitative estimate of drug-likeness (QED) is 0.363. The minimum Gasteiger partial charge on any atom is -0.298 e. The summed E-state index contributed by atoms with van der Waals surface area (Å²) in [4.78, 5) is 12.2. The lowest BCUT2D eigenvalue weighted by molar-refractivity contribution is 0.489. The lowest BCUT2D eigenvalue weighted by Gasteiger charge is -2.15. The van der Waals surface area contributed by atoms with E-state index in [-0.39, 0.29) is 4.90 Å². The summed E-state index contributed by atoms with van der Waals surface area (Å²) >= 11 is 0. The number of halogens is 1. The van der Waals surface area contributed by atoms with Crippen LogP contribution in [0.5, 0.6) is 0 Å². The molecule has 0 fully saturated rings. The van der Waals surface area contributed by atoms with Crippen LogP contribution in [0.15, 0.2) is 71.4 Å². The average Bonchev–Trinajstić information content (AvgIpc) is 3.16. The Bertz CT molecular complexity index is 1350. The molecule has 0 saturated heterocycles. The first-order valence-electron chi connectivity index (χ1n) is 8.88. The summed E-state index contributed by atoms with van der Waals surface area (Å²) in [5.74, 6) is -0.629. The third-order valence-corrected chi connectivity index (χ3v) is 6.34. The van der Waals surface area contributed by atoms with E-state index < -0.39 is 15.8 Å². The van der Waals surface area contributed by atoms with E-state index in [0.717, 1.165) is 21.6 Å². The number of hydrazone groups is 1. The zero-order valence-corrected chi connectivity index (χ0v) is 17.0. The van der Waals surface area contributed by atoms with Gasteiger partial charge < -0.3 is 0 Å². The SMILES string of the molecule is Cc1ccc(F)cc1S(=O)(=O)N(C)/N=C/c1cnc2ccc(-c3cncnc3)cn12. The summed E-state index contributed by atoms with van der Waals surface area (Å²) in [5.41, 5.74) is 3.37. The zero-order valence-electron chi connectivity index (χ0n) is 16.1. The highest BCUT2D eigenvalue weighted by Gasteiger charge is 2.22. The molecule has 0 unspecified atom stereocenters. The van der Waals surface area contributed by atoms with Crippen LogP contribution >= 0.6 is 0 Å². The first-order valence-corrected chi connectivity index (χ1v) is 10.3. The Balaban J connectivity index is 1.67. The molecule has 8 nitrogen and oxygen atoms in total. The smallest absolute Gasteiger partial charge is 0.279 e. The average molecular weight is 424 g/mol. The number of aryl methyl sites for hydroxylation is 1. The number of aromatic nitrogens is 4. The van der Waals surface area contributed by atoms with Crippen LogP contribution in [0.4, 0.5) is 4.39 Å². The number of sulfonamides is 1. The number of hydrogen-bond donors (Lipinski definition) is 0. The van der Waals surface area contributed by atoms with Gasteiger partial charge in [0.1, 0.15) is 17.8 Å². The van der Waals surface area contributed by atoms with Crippen molar-refractivity contribution < 1.29 is 12.8 Å². The van der Waals surface area contributed by atoms with Crippen LogP contribution in [-0.2, 0) is 10.0 Å². The molecule has 0 aliphatic heterocycles. The van der Waals surface area contributed by atoms with Crippen LogP contribution in [0, 0.1) is 12.7 Å². The molecule has 0 saturated carbocycles. The van der Waals surface area contributed by atoms with E-state index in [1.54, 1.807) is 29.9 Å². The van der Waals surface area contributed by atoms with E-state index in [9.17, 15) is 12.8 Å². The van der Waals surface area contributed by atoms with Gasteiger partial charge in [-0.25, -0.2) is 19.3 Å². The van der Waals surface area contributed by atoms with Crippen molar-refractivity contribution >= 4 is 21.9 Å². The van der Waals surface area contributed by atoms with Gasteiger partial charge in [-0.2, -0.15) is 17.9 Å². The molecule has 0 amide bonds. The molecule has 3 heterocycles. The van der Waals surface area contributed by atoms with E-state index in [1.807, 2.05) is 18.3 Å². The minimum absolute atomic E-state index is 0.133. The van der Waals surface area contributed by atoms with Crippen molar-refractivity contribution in [1.82, 2.24) is 23.8 Å². The predicted molar refractivity (Wildman–Crippen MR) is 110 cm³/mol. The Morgan fingerprint density at radius 3 is 2.63 bits per heavy atom. The van der Waals surface area contributed by atoms with Gasteiger partial charge in [0.25, 0.3) is 10.0 Å². The molecule has 10 heteroatoms. The van der Waals surface area contributed by atoms with E-state index in [2.05, 4.69) is 20.1 Å². The highest BCUT2D eigenvalue weighted by Crippen LogP contribution is 2.21. The fraction of sp³-hybridized carbons (Fsp3) is 0.100. The number of imidazole rings is 1. The van der Waals surface area contributed by atoms with Crippen LogP contribution in [0.3, 0.4) is 0 Å². The Labute approximate surface area is 172 Å². The van der Waals surface area contributed by atoms with Gasteiger partial charge in [0.05, 0.1) is 23.0 Å². The molecule has 0 aliphatic rings. The van der Waals surface area contributed by atoms with Crippen molar-refractivity contribution in [3.05, 3.63) is 78.5 Å². The fourth-order valence-electron chi connectivity index (χ4n) is 2.91. The fourth-order valence-corrected chi connectivity index (χ4v) is 4.10. The second-order valence-corrected chi connectivity index (χ2v) is 8.47. The van der Waals surface area contributed by atoms with Crippen molar-refractivity contribution in [3.63, 3.8) is 0 Å². The maximum absolute atomic E-state index is 13.6. The topological polar surface area (TPSA) is 92.8 Å². The largest absolute Gasteiger partial charge is 0.298 e. The first-order chi connectivity index (χ1) is 14.4. The molecule has 4 aromatic rings. The van der Waals surface area contributed by atoms with Crippen molar-refractivity contribution in [2.45, 2.75) is 11.8 Å². The number of benzene rings is 1. The molecule has 1 aromatic carbocycles. The third-order valence-electron chi connectivity index (χ3n) is 4.56. The second kappa shape index (κ2) is 7.64. The zero-order chi connectivity index (χ0) is 21.3. The normalized spacial score (nSPS) is 12.0. The maximum atomic E-state index is 13.6. The molecule has 152 valence electrons. The van der Waals surface area contributed by atoms with Gasteiger partial charge in [0.15, 0.2) is 0 Å². The van der Waals surface area contributed by atoms with Gasteiger partial charge in [-0.1, -0.05) is 6.07 Å². The molecule has 0 bridgehead atoms. The van der Waals surface area contributed by atoms with Gasteiger partial charge in [-0.05, 0) is 36.8 Å². The van der Waals surface area contributed by atoms with Gasteiger partial charge in [-0.3, -0.25) is 4.40 Å². The molecule has 0 aliphatic carbocycles. The van der Waals surface area contributed by atoms with Gasteiger partial charge in [0.2, 0.25) is 0 Å². The van der Waals surface area contributed by atoms with Crippen LogP contribution < -0.4 is 0 Å². The molecule has 0 atom stereocenters. The van der Waals surface area contributed by atoms with Gasteiger partial charge >= 0.3 is 0 Å². The van der Waals surface area contributed by atoms with Crippen LogP contribution in [0.1, 0.15) is 11.3 Å². The van der Waals surface area contributed by atoms with Crippen molar-refractivity contribution in [1.29, 1.82) is 0 Å². The molecule has 0 N–H and O–H groups in total. The van der Waals surface area contributed by atoms with Crippen LogP contribution in [-0.4, -0.2) is 45.4 Å². The lowest BCUT2D eigenvalue weighted by atomic mass is 10.1. The second-order valence-electron chi connectivity index (χ2n) is 6.55. The monoisotopic (exact) mass is 424 g/mol. The Morgan fingerprint density at radius 1 is 1.10 bits per heavy atom. The van der Waals surface area contributed by atoms with Crippen molar-refractivity contribution in [3.8, 4) is 11.1 Å². The van der Waals surface area contributed by atoms with E-state index in [4.69, 9.17) is 0 Å². The highest BCUT2D eigenvalue weighted by molar-refractivity contribution is 7.89. The molecule has 30 heavy (non-hydrogen) atoms. The molecule has 3 aromatic heterocycles. The molecular weight excluding hydrogens is 407 g/mol. The summed E-state index contributed by atoms with van der Waals surface area (Å²) < 4.78 is 41.7. The molecule has 4 rings (SSSR count). The van der Waals surface area contributed by atoms with Crippen LogP contribution in [0.25, 0.3) is 16.8 Å². The highest BCUT2D eigenvalue weighted by atomic mass is 32.2. The summed E-state index contributed by atoms with van der Waals surface area (Å²) in [6.45, 7) is 1.60. The molecular formula is C20H17FN6O2S. The number of pyridine rings is 1. The first kappa shape index (κ1) is 19.6. The Kier molecular flexibility index (Phi) is 5.00. The lowest BCUT2D eigenvalue weighted by Crippen LogP contribution is -2.23. The number of nitrogens with zero attached hydrogens (tertiary/aromatic N) is 6. The third kappa shape index (κ3) is 3.64. The Hall–Kier alpha value is -3.66. The van der Waals surface area contributed by atoms with Crippen molar-refractivity contribution in [2.75, 3.05) is 7.05 Å². The minimum atomic E-state index is -4.00. The number of fused-ring (bicyclic) bond motifs is 1. The summed E-state index contributed by atoms with van der Waals surface area (Å²) in [6, 6.07) is 7.34. The molecule has 0 spiro atoms. The van der Waals surface area contributed by atoms with Crippen molar-refractivity contribution in [2.24, 2.45) is 5.10 Å². The predicted octanol–water partition coefficient (Wildman–Crippen LogP) is 2.89. The summed E-state index contributed by atoms with van der Waals surface area (Å²) in [5, 5.41) is 4.05. The summed E-state index contributed by atoms with van der Waals surface area (Å²) in [7, 11) is -2.70. The summed E-state index contributed by atoms with van der Waals surface area (Å²) in [6.07, 6.45) is 9.65. The van der Waals surface area contributed by atoms with E-state index >= 15 is 0 Å². The molecule has 0 radical (unpaired) electrons. The Morgan fingerprint density at radius 2 is 1.87 bits per heavy atom. The number of hydrogen-bond acceptors (Lipinski definition) is 6. The maximum Gasteiger partial charge on any atom is 0.279 e. The van der Waals surface area contributed by atoms with Gasteiger partial charge in [-0.15, -0.1) is 0 Å². The van der Waals surface area contributed by atoms with Gasteiger partial charge in [0, 0.05) is 36.8 Å². The van der Waals surface area contributed by atoms with E-state index in [0.29, 0.717) is 16.9 Å².